The largest absolute Gasteiger partial charge is 0.455 e. The number of amides is 1. The van der Waals surface area contributed by atoms with Gasteiger partial charge in [0.1, 0.15) is 17.3 Å². The second-order valence-electron chi connectivity index (χ2n) is 6.06. The molecule has 0 radical (unpaired) electrons. The van der Waals surface area contributed by atoms with Crippen molar-refractivity contribution in [3.8, 4) is 0 Å². The second-order valence-corrected chi connectivity index (χ2v) is 8.16. The van der Waals surface area contributed by atoms with Crippen LogP contribution in [0.3, 0.4) is 0 Å². The third-order valence-corrected chi connectivity index (χ3v) is 5.18. The molecule has 0 aromatic carbocycles. The molecule has 0 aliphatic carbocycles. The van der Waals surface area contributed by atoms with Gasteiger partial charge in [0.25, 0.3) is 0 Å². The van der Waals surface area contributed by atoms with E-state index in [4.69, 9.17) is 10.5 Å². The van der Waals surface area contributed by atoms with Gasteiger partial charge in [-0.3, -0.25) is 9.69 Å². The second kappa shape index (κ2) is 4.29. The van der Waals surface area contributed by atoms with Crippen LogP contribution in [0.1, 0.15) is 27.7 Å². The van der Waals surface area contributed by atoms with Crippen LogP contribution in [0.4, 0.5) is 0 Å². The minimum absolute atomic E-state index is 0.00597. The van der Waals surface area contributed by atoms with Crippen molar-refractivity contribution in [1.82, 2.24) is 4.90 Å². The van der Waals surface area contributed by atoms with Crippen molar-refractivity contribution < 1.29 is 22.7 Å². The topological polar surface area (TPSA) is 107 Å². The lowest BCUT2D eigenvalue weighted by atomic mass is 10.0. The number of β-lactam (4-membered cyclic amide) rings is 1. The lowest BCUT2D eigenvalue weighted by Gasteiger charge is -2.47. The first-order valence-electron chi connectivity index (χ1n) is 6.19. The highest BCUT2D eigenvalue weighted by molar-refractivity contribution is 7.92. The van der Waals surface area contributed by atoms with Crippen LogP contribution in [0.25, 0.3) is 0 Å². The molecule has 7 nitrogen and oxygen atoms in total. The Balaban J connectivity index is 2.42. The molecular weight excluding hydrogens is 284 g/mol. The van der Waals surface area contributed by atoms with Gasteiger partial charge in [0.15, 0.2) is 15.2 Å². The summed E-state index contributed by atoms with van der Waals surface area (Å²) in [5.74, 6) is -1.56. The quantitative estimate of drug-likeness (QED) is 0.518. The predicted octanol–water partition coefficient (Wildman–Crippen LogP) is -0.474. The van der Waals surface area contributed by atoms with E-state index in [1.807, 2.05) is 0 Å². The average Bonchev–Trinajstić information content (AvgIpc) is 2.23. The van der Waals surface area contributed by atoms with Gasteiger partial charge in [0, 0.05) is 0 Å². The summed E-state index contributed by atoms with van der Waals surface area (Å²) in [5, 5.41) is -1.15. The van der Waals surface area contributed by atoms with Gasteiger partial charge in [-0.05, 0) is 33.3 Å². The first kappa shape index (κ1) is 15.0. The number of hydrogen-bond donors (Lipinski definition) is 1. The van der Waals surface area contributed by atoms with Crippen LogP contribution >= 0.6 is 0 Å². The van der Waals surface area contributed by atoms with Crippen LogP contribution in [-0.2, 0) is 24.2 Å². The normalized spacial score (nSPS) is 28.9. The van der Waals surface area contributed by atoms with Gasteiger partial charge in [0.2, 0.25) is 5.91 Å². The molecule has 0 unspecified atom stereocenters. The molecule has 20 heavy (non-hydrogen) atoms. The zero-order valence-corrected chi connectivity index (χ0v) is 12.7. The Hall–Kier alpha value is -1.41. The number of nitrogens with two attached hydrogens (primary N) is 1. The van der Waals surface area contributed by atoms with Crippen molar-refractivity contribution in [2.24, 2.45) is 5.73 Å². The molecule has 2 N–H and O–H groups in total. The van der Waals surface area contributed by atoms with Crippen LogP contribution in [0, 0.1) is 0 Å². The summed E-state index contributed by atoms with van der Waals surface area (Å²) < 4.78 is 29.2. The first-order valence-corrected chi connectivity index (χ1v) is 7.90. The van der Waals surface area contributed by atoms with Crippen molar-refractivity contribution in [3.63, 3.8) is 0 Å². The van der Waals surface area contributed by atoms with E-state index in [1.165, 1.54) is 6.92 Å². The van der Waals surface area contributed by atoms with Crippen molar-refractivity contribution in [1.29, 1.82) is 0 Å². The molecule has 0 spiro atoms. The number of sulfone groups is 1. The number of fused-ring (bicyclic) bond motifs is 1. The van der Waals surface area contributed by atoms with Gasteiger partial charge in [0.05, 0.1) is 5.75 Å². The Morgan fingerprint density at radius 1 is 1.40 bits per heavy atom. The molecule has 2 rings (SSSR count). The van der Waals surface area contributed by atoms with E-state index in [1.54, 1.807) is 20.8 Å². The molecule has 8 heteroatoms. The van der Waals surface area contributed by atoms with Crippen molar-refractivity contribution >= 4 is 21.7 Å². The highest BCUT2D eigenvalue weighted by atomic mass is 32.2. The molecule has 0 aromatic rings. The maximum atomic E-state index is 12.2. The summed E-state index contributed by atoms with van der Waals surface area (Å²) in [5.41, 5.74) is 5.12. The van der Waals surface area contributed by atoms with Crippen molar-refractivity contribution in [2.45, 2.75) is 44.7 Å². The van der Waals surface area contributed by atoms with Crippen molar-refractivity contribution in [2.75, 3.05) is 5.75 Å². The minimum atomic E-state index is -3.55. The molecule has 1 saturated heterocycles. The minimum Gasteiger partial charge on any atom is -0.455 e. The van der Waals surface area contributed by atoms with E-state index in [0.717, 1.165) is 4.90 Å². The van der Waals surface area contributed by atoms with Crippen LogP contribution < -0.4 is 5.73 Å². The number of rotatable bonds is 1. The molecule has 1 amide bonds. The molecule has 0 saturated carbocycles. The van der Waals surface area contributed by atoms with Crippen LogP contribution in [0.5, 0.6) is 0 Å². The smallest absolute Gasteiger partial charge is 0.355 e. The summed E-state index contributed by atoms with van der Waals surface area (Å²) in [6.45, 7) is 6.59. The molecule has 2 aliphatic rings. The molecule has 0 bridgehead atoms. The van der Waals surface area contributed by atoms with Gasteiger partial charge in [-0.2, -0.15) is 0 Å². The van der Waals surface area contributed by atoms with E-state index in [-0.39, 0.29) is 11.4 Å². The summed E-state index contributed by atoms with van der Waals surface area (Å²) in [4.78, 5) is 24.9. The highest BCUT2D eigenvalue weighted by Crippen LogP contribution is 2.36. The number of esters is 1. The molecule has 2 aliphatic heterocycles. The Kier molecular flexibility index (Phi) is 3.22. The van der Waals surface area contributed by atoms with E-state index in [0.29, 0.717) is 5.57 Å². The zero-order chi connectivity index (χ0) is 15.5. The summed E-state index contributed by atoms with van der Waals surface area (Å²) in [6.07, 6.45) is 0. The number of ether oxygens (including phenoxy) is 1. The Labute approximate surface area is 117 Å². The monoisotopic (exact) mass is 302 g/mol. The van der Waals surface area contributed by atoms with E-state index >= 15 is 0 Å². The van der Waals surface area contributed by atoms with Gasteiger partial charge < -0.3 is 10.5 Å². The SMILES string of the molecule is CC1=C(C(=O)OC(C)(C)C)N2C(=O)[C@@H](N)[C@H]2S(=O)(=O)C1. The number of carbonyl (C=O) groups excluding carboxylic acids is 2. The highest BCUT2D eigenvalue weighted by Gasteiger charge is 2.58. The van der Waals surface area contributed by atoms with Gasteiger partial charge >= 0.3 is 5.97 Å². The molecule has 2 heterocycles. The third kappa shape index (κ3) is 2.22. The molecule has 112 valence electrons. The van der Waals surface area contributed by atoms with Crippen LogP contribution in [0.15, 0.2) is 11.3 Å². The average molecular weight is 302 g/mol. The lowest BCUT2D eigenvalue weighted by molar-refractivity contribution is -0.158. The maximum absolute atomic E-state index is 12.2. The van der Waals surface area contributed by atoms with E-state index < -0.39 is 38.7 Å². The summed E-state index contributed by atoms with van der Waals surface area (Å²) in [7, 11) is -3.55. The number of carbonyl (C=O) groups is 2. The van der Waals surface area contributed by atoms with Crippen molar-refractivity contribution in [3.05, 3.63) is 11.3 Å². The fourth-order valence-corrected chi connectivity index (χ4v) is 4.37. The summed E-state index contributed by atoms with van der Waals surface area (Å²) >= 11 is 0. The molecule has 2 atom stereocenters. The molecule has 0 aromatic heterocycles. The molecule has 1 fully saturated rings. The van der Waals surface area contributed by atoms with Crippen LogP contribution in [0.2, 0.25) is 0 Å². The number of nitrogens with zero attached hydrogens (tertiary/aromatic N) is 1. The summed E-state index contributed by atoms with van der Waals surface area (Å²) in [6, 6.07) is -1.11. The lowest BCUT2D eigenvalue weighted by Crippen LogP contribution is -2.73. The first-order chi connectivity index (χ1) is 8.96. The third-order valence-electron chi connectivity index (χ3n) is 3.11. The molecular formula is C12H18N2O5S. The zero-order valence-electron chi connectivity index (χ0n) is 11.8. The van der Waals surface area contributed by atoms with E-state index in [9.17, 15) is 18.0 Å². The number of hydrogen-bond acceptors (Lipinski definition) is 6. The Morgan fingerprint density at radius 2 is 1.95 bits per heavy atom. The maximum Gasteiger partial charge on any atom is 0.355 e. The standard InChI is InChI=1S/C12H18N2O5S/c1-6-5-20(17,18)10-7(13)9(15)14(10)8(6)11(16)19-12(2,3)4/h7,10H,5,13H2,1-4H3/t7-,10-/m1/s1. The van der Waals surface area contributed by atoms with Gasteiger partial charge in [-0.15, -0.1) is 0 Å². The van der Waals surface area contributed by atoms with E-state index in [2.05, 4.69) is 0 Å². The van der Waals surface area contributed by atoms with Gasteiger partial charge in [-0.25, -0.2) is 13.2 Å². The predicted molar refractivity (Wildman–Crippen MR) is 70.9 cm³/mol. The Bertz CT molecular complexity index is 614. The van der Waals surface area contributed by atoms with Gasteiger partial charge in [-0.1, -0.05) is 0 Å². The Morgan fingerprint density at radius 3 is 2.45 bits per heavy atom. The fraction of sp³-hybridized carbons (Fsp3) is 0.667. The fourth-order valence-electron chi connectivity index (χ4n) is 2.37. The van der Waals surface area contributed by atoms with Crippen LogP contribution in [-0.4, -0.2) is 48.0 Å².